The van der Waals surface area contributed by atoms with Gasteiger partial charge in [-0.2, -0.15) is 0 Å². The number of hydrogen-bond donors (Lipinski definition) is 2. The zero-order valence-electron chi connectivity index (χ0n) is 11.2. The number of benzene rings is 1. The van der Waals surface area contributed by atoms with Gasteiger partial charge in [-0.25, -0.2) is 0 Å². The first-order valence-corrected chi connectivity index (χ1v) is 6.72. The molecule has 1 amide bonds. The molecule has 0 saturated heterocycles. The quantitative estimate of drug-likeness (QED) is 0.447. The second kappa shape index (κ2) is 7.81. The second-order valence-corrected chi connectivity index (χ2v) is 4.98. The van der Waals surface area contributed by atoms with Gasteiger partial charge in [0, 0.05) is 24.2 Å². The third-order valence-corrected chi connectivity index (χ3v) is 3.02. The van der Waals surface area contributed by atoms with E-state index in [0.717, 1.165) is 0 Å². The van der Waals surface area contributed by atoms with E-state index in [1.54, 1.807) is 26.2 Å². The lowest BCUT2D eigenvalue weighted by atomic mass is 10.2. The molecule has 1 aromatic rings. The molecule has 7 nitrogen and oxygen atoms in total. The predicted molar refractivity (Wildman–Crippen MR) is 78.8 cm³/mol. The molecule has 0 fully saturated rings. The molecule has 0 saturated carbocycles. The molecular weight excluding hydrogens is 330 g/mol. The van der Waals surface area contributed by atoms with Crippen molar-refractivity contribution in [1.29, 1.82) is 0 Å². The van der Waals surface area contributed by atoms with Crippen molar-refractivity contribution < 1.29 is 14.5 Å². The van der Waals surface area contributed by atoms with E-state index < -0.39 is 11.0 Å². The second-order valence-electron chi connectivity index (χ2n) is 4.07. The van der Waals surface area contributed by atoms with Gasteiger partial charge in [-0.15, -0.1) is 0 Å². The number of ether oxygens (including phenoxy) is 1. The molecule has 2 N–H and O–H groups in total. The van der Waals surface area contributed by atoms with E-state index in [4.69, 9.17) is 4.74 Å². The van der Waals surface area contributed by atoms with Crippen LogP contribution in [0.4, 0.5) is 11.4 Å². The Labute approximate surface area is 125 Å². The fourth-order valence-electron chi connectivity index (χ4n) is 1.51. The average Bonchev–Trinajstić information content (AvgIpc) is 2.40. The molecule has 1 aromatic carbocycles. The van der Waals surface area contributed by atoms with Crippen LogP contribution in [-0.4, -0.2) is 37.1 Å². The van der Waals surface area contributed by atoms with Crippen molar-refractivity contribution in [3.05, 3.63) is 32.8 Å². The van der Waals surface area contributed by atoms with Crippen LogP contribution in [0.25, 0.3) is 0 Å². The number of nitro groups is 1. The van der Waals surface area contributed by atoms with Crippen molar-refractivity contribution in [3.63, 3.8) is 0 Å². The molecule has 0 radical (unpaired) electrons. The fraction of sp³-hybridized carbons (Fsp3) is 0.417. The molecule has 20 heavy (non-hydrogen) atoms. The number of hydrogen-bond acceptors (Lipinski definition) is 5. The summed E-state index contributed by atoms with van der Waals surface area (Å²) in [6.45, 7) is 2.44. The summed E-state index contributed by atoms with van der Waals surface area (Å²) in [5, 5.41) is 16.5. The van der Waals surface area contributed by atoms with Crippen LogP contribution in [0, 0.1) is 10.1 Å². The SMILES string of the molecule is COCCNC(=O)C(C)Nc1ccc(Br)cc1[N+](=O)[O-]. The van der Waals surface area contributed by atoms with Crippen LogP contribution in [0.5, 0.6) is 0 Å². The highest BCUT2D eigenvalue weighted by Gasteiger charge is 2.19. The zero-order valence-corrected chi connectivity index (χ0v) is 12.8. The van der Waals surface area contributed by atoms with Gasteiger partial charge < -0.3 is 15.4 Å². The number of nitrogens with one attached hydrogen (secondary N) is 2. The van der Waals surface area contributed by atoms with Gasteiger partial charge in [0.1, 0.15) is 11.7 Å². The Kier molecular flexibility index (Phi) is 6.40. The summed E-state index contributed by atoms with van der Waals surface area (Å²) in [7, 11) is 1.54. The summed E-state index contributed by atoms with van der Waals surface area (Å²) in [4.78, 5) is 22.2. The number of carbonyl (C=O) groups excluding carboxylic acids is 1. The molecule has 1 unspecified atom stereocenters. The van der Waals surface area contributed by atoms with E-state index in [1.165, 1.54) is 6.07 Å². The molecule has 1 rings (SSSR count). The summed E-state index contributed by atoms with van der Waals surface area (Å²) in [5.41, 5.74) is 0.212. The fourth-order valence-corrected chi connectivity index (χ4v) is 1.86. The Morgan fingerprint density at radius 1 is 1.55 bits per heavy atom. The van der Waals surface area contributed by atoms with Crippen molar-refractivity contribution in [2.75, 3.05) is 25.6 Å². The lowest BCUT2D eigenvalue weighted by molar-refractivity contribution is -0.384. The van der Waals surface area contributed by atoms with E-state index in [-0.39, 0.29) is 11.6 Å². The number of anilines is 1. The maximum absolute atomic E-state index is 11.8. The maximum Gasteiger partial charge on any atom is 0.293 e. The lowest BCUT2D eigenvalue weighted by Gasteiger charge is -2.15. The first-order chi connectivity index (χ1) is 9.45. The van der Waals surface area contributed by atoms with Gasteiger partial charge in [0.15, 0.2) is 0 Å². The third-order valence-electron chi connectivity index (χ3n) is 2.53. The third kappa shape index (κ3) is 4.78. The van der Waals surface area contributed by atoms with Crippen LogP contribution < -0.4 is 10.6 Å². The predicted octanol–water partition coefficient (Wildman–Crippen LogP) is 1.92. The smallest absolute Gasteiger partial charge is 0.293 e. The van der Waals surface area contributed by atoms with Gasteiger partial charge in [0.2, 0.25) is 5.91 Å². The van der Waals surface area contributed by atoms with Gasteiger partial charge in [-0.05, 0) is 19.1 Å². The largest absolute Gasteiger partial charge is 0.383 e. The van der Waals surface area contributed by atoms with Crippen molar-refractivity contribution in [2.45, 2.75) is 13.0 Å². The van der Waals surface area contributed by atoms with Crippen molar-refractivity contribution in [3.8, 4) is 0 Å². The van der Waals surface area contributed by atoms with Gasteiger partial charge in [0.05, 0.1) is 11.5 Å². The van der Waals surface area contributed by atoms with Crippen molar-refractivity contribution in [1.82, 2.24) is 5.32 Å². The zero-order chi connectivity index (χ0) is 15.1. The number of halogens is 1. The minimum absolute atomic E-state index is 0.0871. The number of nitrogens with zero attached hydrogens (tertiary/aromatic N) is 1. The molecule has 0 aromatic heterocycles. The van der Waals surface area contributed by atoms with E-state index >= 15 is 0 Å². The standard InChI is InChI=1S/C12H16BrN3O4/c1-8(12(17)14-5-6-20-2)15-10-4-3-9(13)7-11(10)16(18)19/h3-4,7-8,15H,5-6H2,1-2H3,(H,14,17). The Balaban J connectivity index is 2.72. The van der Waals surface area contributed by atoms with Crippen LogP contribution in [-0.2, 0) is 9.53 Å². The molecule has 0 heterocycles. The number of amides is 1. The maximum atomic E-state index is 11.8. The minimum Gasteiger partial charge on any atom is -0.383 e. The van der Waals surface area contributed by atoms with Gasteiger partial charge >= 0.3 is 0 Å². The first-order valence-electron chi connectivity index (χ1n) is 5.93. The molecule has 0 aliphatic carbocycles. The molecule has 0 bridgehead atoms. The summed E-state index contributed by atoms with van der Waals surface area (Å²) in [5.74, 6) is -0.251. The molecule has 8 heteroatoms. The molecule has 0 aliphatic heterocycles. The van der Waals surface area contributed by atoms with E-state index in [0.29, 0.717) is 23.3 Å². The summed E-state index contributed by atoms with van der Waals surface area (Å²) < 4.78 is 5.43. The van der Waals surface area contributed by atoms with Gasteiger partial charge in [0.25, 0.3) is 5.69 Å². The van der Waals surface area contributed by atoms with Crippen LogP contribution in [0.1, 0.15) is 6.92 Å². The van der Waals surface area contributed by atoms with Gasteiger partial charge in [-0.1, -0.05) is 15.9 Å². The Morgan fingerprint density at radius 3 is 2.85 bits per heavy atom. The monoisotopic (exact) mass is 345 g/mol. The number of carbonyl (C=O) groups is 1. The van der Waals surface area contributed by atoms with Crippen LogP contribution >= 0.6 is 15.9 Å². The Bertz CT molecular complexity index is 496. The molecule has 110 valence electrons. The average molecular weight is 346 g/mol. The minimum atomic E-state index is -0.591. The summed E-state index contributed by atoms with van der Waals surface area (Å²) in [6.07, 6.45) is 0. The highest BCUT2D eigenvalue weighted by Crippen LogP contribution is 2.28. The lowest BCUT2D eigenvalue weighted by Crippen LogP contribution is -2.39. The van der Waals surface area contributed by atoms with Crippen LogP contribution in [0.2, 0.25) is 0 Å². The molecule has 1 atom stereocenters. The van der Waals surface area contributed by atoms with Crippen LogP contribution in [0.3, 0.4) is 0 Å². The Hall–Kier alpha value is -1.67. The first kappa shape index (κ1) is 16.4. The number of nitro benzene ring substituents is 1. The van der Waals surface area contributed by atoms with E-state index in [1.807, 2.05) is 0 Å². The normalized spacial score (nSPS) is 11.8. The molecular formula is C12H16BrN3O4. The molecule has 0 aliphatic rings. The van der Waals surface area contributed by atoms with Crippen molar-refractivity contribution >= 4 is 33.2 Å². The molecule has 0 spiro atoms. The highest BCUT2D eigenvalue weighted by atomic mass is 79.9. The summed E-state index contributed by atoms with van der Waals surface area (Å²) in [6, 6.07) is 4.02. The Morgan fingerprint density at radius 2 is 2.25 bits per heavy atom. The summed E-state index contributed by atoms with van der Waals surface area (Å²) >= 11 is 3.18. The van der Waals surface area contributed by atoms with Crippen LogP contribution in [0.15, 0.2) is 22.7 Å². The van der Waals surface area contributed by atoms with Crippen molar-refractivity contribution in [2.24, 2.45) is 0 Å². The topological polar surface area (TPSA) is 93.5 Å². The van der Waals surface area contributed by atoms with E-state index in [9.17, 15) is 14.9 Å². The number of methoxy groups -OCH3 is 1. The van der Waals surface area contributed by atoms with Gasteiger partial charge in [-0.3, -0.25) is 14.9 Å². The highest BCUT2D eigenvalue weighted by molar-refractivity contribution is 9.10. The van der Waals surface area contributed by atoms with E-state index in [2.05, 4.69) is 26.6 Å². The number of rotatable bonds is 7.